The minimum Gasteiger partial charge on any atom is -0.440 e. The van der Waals surface area contributed by atoms with Gasteiger partial charge in [0.05, 0.1) is 0 Å². The van der Waals surface area contributed by atoms with Gasteiger partial charge in [0, 0.05) is 22.6 Å². The first-order valence-electron chi connectivity index (χ1n) is 3.00. The SMILES string of the molecule is Clc1ccc(-c2nnc(I)o2)o1. The van der Waals surface area contributed by atoms with Crippen molar-refractivity contribution in [1.82, 2.24) is 10.2 Å². The number of hydrogen-bond acceptors (Lipinski definition) is 4. The maximum Gasteiger partial charge on any atom is 0.284 e. The Labute approximate surface area is 86.1 Å². The van der Waals surface area contributed by atoms with E-state index < -0.39 is 0 Å². The topological polar surface area (TPSA) is 52.1 Å². The van der Waals surface area contributed by atoms with Crippen LogP contribution in [-0.2, 0) is 0 Å². The average molecular weight is 296 g/mol. The molecule has 2 aromatic heterocycles. The van der Waals surface area contributed by atoms with E-state index in [4.69, 9.17) is 20.4 Å². The highest BCUT2D eigenvalue weighted by atomic mass is 127. The van der Waals surface area contributed by atoms with Crippen molar-refractivity contribution >= 4 is 34.2 Å². The lowest BCUT2D eigenvalue weighted by Crippen LogP contribution is -1.71. The van der Waals surface area contributed by atoms with Gasteiger partial charge < -0.3 is 8.83 Å². The fraction of sp³-hybridized carbons (Fsp3) is 0. The lowest BCUT2D eigenvalue weighted by atomic mass is 10.5. The molecule has 0 aliphatic heterocycles. The largest absolute Gasteiger partial charge is 0.440 e. The maximum atomic E-state index is 5.56. The number of aromatic nitrogens is 2. The Morgan fingerprint density at radius 1 is 1.25 bits per heavy atom. The Kier molecular flexibility index (Phi) is 2.05. The number of halogens is 2. The van der Waals surface area contributed by atoms with Crippen molar-refractivity contribution in [2.24, 2.45) is 0 Å². The molecule has 0 amide bonds. The second-order valence-corrected chi connectivity index (χ2v) is 3.26. The summed E-state index contributed by atoms with van der Waals surface area (Å²) in [7, 11) is 0. The van der Waals surface area contributed by atoms with Crippen LogP contribution in [0, 0.1) is 3.90 Å². The zero-order chi connectivity index (χ0) is 8.55. The first kappa shape index (κ1) is 8.06. The van der Waals surface area contributed by atoms with Crippen LogP contribution in [0.5, 0.6) is 0 Å². The molecule has 0 saturated heterocycles. The Morgan fingerprint density at radius 2 is 2.08 bits per heavy atom. The molecule has 2 aromatic rings. The molecule has 0 unspecified atom stereocenters. The van der Waals surface area contributed by atoms with Crippen LogP contribution in [0.2, 0.25) is 5.22 Å². The van der Waals surface area contributed by atoms with Crippen molar-refractivity contribution in [3.05, 3.63) is 21.2 Å². The lowest BCUT2D eigenvalue weighted by Gasteiger charge is -1.83. The van der Waals surface area contributed by atoms with Gasteiger partial charge in [-0.05, 0) is 23.7 Å². The second kappa shape index (κ2) is 3.06. The quantitative estimate of drug-likeness (QED) is 0.759. The maximum absolute atomic E-state index is 5.56. The van der Waals surface area contributed by atoms with Crippen molar-refractivity contribution in [3.63, 3.8) is 0 Å². The summed E-state index contributed by atoms with van der Waals surface area (Å²) in [6, 6.07) is 3.29. The van der Waals surface area contributed by atoms with Gasteiger partial charge in [-0.1, -0.05) is 0 Å². The van der Waals surface area contributed by atoms with Crippen LogP contribution in [0.25, 0.3) is 11.7 Å². The predicted molar refractivity (Wildman–Crippen MR) is 49.7 cm³/mol. The van der Waals surface area contributed by atoms with Gasteiger partial charge in [-0.3, -0.25) is 0 Å². The molecule has 6 heteroatoms. The molecule has 2 heterocycles. The van der Waals surface area contributed by atoms with E-state index in [-0.39, 0.29) is 0 Å². The number of rotatable bonds is 1. The molecule has 0 bridgehead atoms. The molecule has 0 aliphatic carbocycles. The molecule has 0 saturated carbocycles. The second-order valence-electron chi connectivity index (χ2n) is 1.96. The molecular formula is C6H2ClIN2O2. The summed E-state index contributed by atoms with van der Waals surface area (Å²) in [5.41, 5.74) is 0. The number of hydrogen-bond donors (Lipinski definition) is 0. The Hall–Kier alpha value is -0.560. The van der Waals surface area contributed by atoms with E-state index in [1.165, 1.54) is 0 Å². The molecule has 0 atom stereocenters. The highest BCUT2D eigenvalue weighted by Gasteiger charge is 2.10. The van der Waals surface area contributed by atoms with Crippen molar-refractivity contribution in [2.75, 3.05) is 0 Å². The van der Waals surface area contributed by atoms with E-state index in [0.29, 0.717) is 20.8 Å². The summed E-state index contributed by atoms with van der Waals surface area (Å²) in [5.74, 6) is 0.821. The van der Waals surface area contributed by atoms with Gasteiger partial charge in [0.25, 0.3) is 9.79 Å². The minimum absolute atomic E-state index is 0.304. The molecule has 0 fully saturated rings. The highest BCUT2D eigenvalue weighted by molar-refractivity contribution is 14.1. The van der Waals surface area contributed by atoms with Crippen molar-refractivity contribution in [3.8, 4) is 11.7 Å². The van der Waals surface area contributed by atoms with Crippen molar-refractivity contribution in [2.45, 2.75) is 0 Å². The summed E-state index contributed by atoms with van der Waals surface area (Å²) < 4.78 is 10.6. The monoisotopic (exact) mass is 296 g/mol. The fourth-order valence-corrected chi connectivity index (χ4v) is 1.20. The third kappa shape index (κ3) is 1.46. The van der Waals surface area contributed by atoms with Gasteiger partial charge in [0.1, 0.15) is 0 Å². The standard InChI is InChI=1S/C6H2ClIN2O2/c7-4-2-1-3(11-4)5-9-10-6(8)12-5/h1-2H. The van der Waals surface area contributed by atoms with Crippen LogP contribution in [0.4, 0.5) is 0 Å². The molecular weight excluding hydrogens is 294 g/mol. The third-order valence-electron chi connectivity index (χ3n) is 1.18. The zero-order valence-electron chi connectivity index (χ0n) is 5.62. The highest BCUT2D eigenvalue weighted by Crippen LogP contribution is 2.23. The lowest BCUT2D eigenvalue weighted by molar-refractivity contribution is 0.499. The van der Waals surface area contributed by atoms with Gasteiger partial charge in [-0.25, -0.2) is 0 Å². The molecule has 0 radical (unpaired) electrons. The van der Waals surface area contributed by atoms with E-state index in [9.17, 15) is 0 Å². The van der Waals surface area contributed by atoms with Gasteiger partial charge in [-0.15, -0.1) is 10.2 Å². The molecule has 2 rings (SSSR count). The smallest absolute Gasteiger partial charge is 0.284 e. The normalized spacial score (nSPS) is 10.5. The summed E-state index contributed by atoms with van der Waals surface area (Å²) in [6.45, 7) is 0. The Balaban J connectivity index is 2.43. The summed E-state index contributed by atoms with van der Waals surface area (Å²) in [6.07, 6.45) is 0. The third-order valence-corrected chi connectivity index (χ3v) is 1.82. The molecule has 0 N–H and O–H groups in total. The van der Waals surface area contributed by atoms with Gasteiger partial charge >= 0.3 is 0 Å². The summed E-state index contributed by atoms with van der Waals surface area (Å²) in [4.78, 5) is 0. The van der Waals surface area contributed by atoms with Crippen LogP contribution in [0.15, 0.2) is 21.0 Å². The van der Waals surface area contributed by atoms with Crippen LogP contribution >= 0.6 is 34.2 Å². The zero-order valence-corrected chi connectivity index (χ0v) is 8.53. The summed E-state index contributed by atoms with van der Waals surface area (Å²) >= 11 is 7.48. The van der Waals surface area contributed by atoms with E-state index in [2.05, 4.69) is 10.2 Å². The Morgan fingerprint density at radius 3 is 2.58 bits per heavy atom. The van der Waals surface area contributed by atoms with E-state index in [1.807, 2.05) is 22.6 Å². The van der Waals surface area contributed by atoms with E-state index in [1.54, 1.807) is 12.1 Å². The first-order valence-corrected chi connectivity index (χ1v) is 4.46. The fourth-order valence-electron chi connectivity index (χ4n) is 0.734. The number of nitrogens with zero attached hydrogens (tertiary/aromatic N) is 2. The summed E-state index contributed by atoms with van der Waals surface area (Å²) in [5, 5.41) is 7.70. The van der Waals surface area contributed by atoms with E-state index >= 15 is 0 Å². The van der Waals surface area contributed by atoms with Crippen LogP contribution in [0.1, 0.15) is 0 Å². The van der Waals surface area contributed by atoms with Gasteiger partial charge in [0.2, 0.25) is 0 Å². The Bertz CT molecular complexity index is 359. The molecule has 4 nitrogen and oxygen atoms in total. The number of furan rings is 1. The van der Waals surface area contributed by atoms with Crippen LogP contribution in [0.3, 0.4) is 0 Å². The first-order chi connectivity index (χ1) is 5.75. The minimum atomic E-state index is 0.304. The average Bonchev–Trinajstić information content (AvgIpc) is 2.58. The van der Waals surface area contributed by atoms with Crippen LogP contribution < -0.4 is 0 Å². The van der Waals surface area contributed by atoms with Gasteiger partial charge in [-0.2, -0.15) is 0 Å². The molecule has 0 spiro atoms. The van der Waals surface area contributed by atoms with E-state index in [0.717, 1.165) is 0 Å². The van der Waals surface area contributed by atoms with Crippen molar-refractivity contribution < 1.29 is 8.83 Å². The van der Waals surface area contributed by atoms with Crippen molar-refractivity contribution in [1.29, 1.82) is 0 Å². The molecule has 12 heavy (non-hydrogen) atoms. The molecule has 0 aliphatic rings. The van der Waals surface area contributed by atoms with Gasteiger partial charge in [0.15, 0.2) is 11.0 Å². The predicted octanol–water partition coefficient (Wildman–Crippen LogP) is 2.59. The molecule has 0 aromatic carbocycles. The van der Waals surface area contributed by atoms with Crippen LogP contribution in [-0.4, -0.2) is 10.2 Å². The molecule has 62 valence electrons.